The van der Waals surface area contributed by atoms with Crippen molar-refractivity contribution in [1.82, 2.24) is 15.0 Å². The minimum Gasteiger partial charge on any atom is -0.377 e. The molecule has 1 aliphatic rings. The maximum absolute atomic E-state index is 13.8. The highest BCUT2D eigenvalue weighted by Crippen LogP contribution is 2.21. The van der Waals surface area contributed by atoms with Crippen molar-refractivity contribution < 1.29 is 18.0 Å². The average Bonchev–Trinajstić information content (AvgIpc) is 3.36. The molecule has 1 aromatic heterocycles. The van der Waals surface area contributed by atoms with Gasteiger partial charge in [-0.25, -0.2) is 8.78 Å². The lowest BCUT2D eigenvalue weighted by Gasteiger charge is -2.23. The predicted octanol–water partition coefficient (Wildman–Crippen LogP) is 4.50. The number of ether oxygens (including phenoxy) is 1. The highest BCUT2D eigenvalue weighted by Gasteiger charge is 2.22. The zero-order valence-corrected chi connectivity index (χ0v) is 16.3. The van der Waals surface area contributed by atoms with E-state index in [1.807, 2.05) is 6.07 Å². The lowest BCUT2D eigenvalue weighted by Crippen LogP contribution is -2.31. The van der Waals surface area contributed by atoms with E-state index in [4.69, 9.17) is 9.26 Å². The molecule has 1 aliphatic heterocycles. The number of hydrogen-bond acceptors (Lipinski definition) is 5. The SMILES string of the molecule is Cc1ccc(-c2noc(CN(Cc3cccc(F)c3)CC3CCCO3)n2)cc1F. The topological polar surface area (TPSA) is 51.4 Å². The normalized spacial score (nSPS) is 16.6. The zero-order chi connectivity index (χ0) is 20.2. The highest BCUT2D eigenvalue weighted by molar-refractivity contribution is 5.54. The van der Waals surface area contributed by atoms with Gasteiger partial charge in [-0.2, -0.15) is 4.98 Å². The summed E-state index contributed by atoms with van der Waals surface area (Å²) in [5.41, 5.74) is 2.00. The molecule has 7 heteroatoms. The van der Waals surface area contributed by atoms with Gasteiger partial charge in [-0.15, -0.1) is 0 Å². The molecule has 1 saturated heterocycles. The van der Waals surface area contributed by atoms with E-state index < -0.39 is 0 Å². The van der Waals surface area contributed by atoms with Gasteiger partial charge in [0.25, 0.3) is 0 Å². The third-order valence-corrected chi connectivity index (χ3v) is 5.04. The Morgan fingerprint density at radius 2 is 2.03 bits per heavy atom. The third-order valence-electron chi connectivity index (χ3n) is 5.04. The van der Waals surface area contributed by atoms with Crippen molar-refractivity contribution in [2.75, 3.05) is 13.2 Å². The van der Waals surface area contributed by atoms with Gasteiger partial charge >= 0.3 is 0 Å². The number of aryl methyl sites for hydroxylation is 1. The number of nitrogens with zero attached hydrogens (tertiary/aromatic N) is 3. The first-order valence-corrected chi connectivity index (χ1v) is 9.74. The molecule has 0 saturated carbocycles. The van der Waals surface area contributed by atoms with E-state index in [-0.39, 0.29) is 17.7 Å². The molecule has 152 valence electrons. The molecule has 29 heavy (non-hydrogen) atoms. The summed E-state index contributed by atoms with van der Waals surface area (Å²) in [5.74, 6) is 0.207. The molecule has 0 amide bonds. The van der Waals surface area contributed by atoms with E-state index >= 15 is 0 Å². The molecule has 0 N–H and O–H groups in total. The molecular formula is C22H23F2N3O2. The van der Waals surface area contributed by atoms with Crippen LogP contribution >= 0.6 is 0 Å². The Balaban J connectivity index is 1.50. The minimum absolute atomic E-state index is 0.136. The number of aromatic nitrogens is 2. The minimum atomic E-state index is -0.306. The van der Waals surface area contributed by atoms with Gasteiger partial charge in [0.15, 0.2) is 0 Å². The second-order valence-electron chi connectivity index (χ2n) is 7.41. The van der Waals surface area contributed by atoms with Gasteiger partial charge in [-0.3, -0.25) is 4.90 Å². The summed E-state index contributed by atoms with van der Waals surface area (Å²) in [7, 11) is 0. The summed E-state index contributed by atoms with van der Waals surface area (Å²) in [4.78, 5) is 6.53. The smallest absolute Gasteiger partial charge is 0.241 e. The van der Waals surface area contributed by atoms with Gasteiger partial charge < -0.3 is 9.26 Å². The molecule has 5 nitrogen and oxygen atoms in total. The third kappa shape index (κ3) is 5.05. The van der Waals surface area contributed by atoms with Gasteiger partial charge in [0.1, 0.15) is 11.6 Å². The number of rotatable bonds is 7. The fraction of sp³-hybridized carbons (Fsp3) is 0.364. The molecule has 0 radical (unpaired) electrons. The summed E-state index contributed by atoms with van der Waals surface area (Å²) >= 11 is 0. The van der Waals surface area contributed by atoms with Crippen LogP contribution in [0.4, 0.5) is 8.78 Å². The lowest BCUT2D eigenvalue weighted by molar-refractivity contribution is 0.0640. The molecule has 0 bridgehead atoms. The Morgan fingerprint density at radius 3 is 2.79 bits per heavy atom. The van der Waals surface area contributed by atoms with Gasteiger partial charge in [-0.05, 0) is 49.1 Å². The van der Waals surface area contributed by atoms with Crippen LogP contribution in [-0.2, 0) is 17.8 Å². The largest absolute Gasteiger partial charge is 0.377 e. The van der Waals surface area contributed by atoms with Gasteiger partial charge in [0, 0.05) is 25.3 Å². The molecule has 4 rings (SSSR count). The van der Waals surface area contributed by atoms with Crippen LogP contribution in [0.3, 0.4) is 0 Å². The molecule has 3 aromatic rings. The van der Waals surface area contributed by atoms with E-state index in [2.05, 4.69) is 15.0 Å². The first kappa shape index (κ1) is 19.7. The summed E-state index contributed by atoms with van der Waals surface area (Å²) in [5, 5.41) is 3.99. The van der Waals surface area contributed by atoms with Crippen molar-refractivity contribution in [3.8, 4) is 11.4 Å². The standard InChI is InChI=1S/C22H23F2N3O2/c1-15-7-8-17(11-20(15)24)22-25-21(29-26-22)14-27(13-19-6-3-9-28-19)12-16-4-2-5-18(23)10-16/h2,4-5,7-8,10-11,19H,3,6,9,12-14H2,1H3. The molecule has 0 spiro atoms. The van der Waals surface area contributed by atoms with Crippen molar-refractivity contribution in [1.29, 1.82) is 0 Å². The van der Waals surface area contributed by atoms with Crippen LogP contribution in [0.1, 0.15) is 29.9 Å². The van der Waals surface area contributed by atoms with Crippen LogP contribution in [0, 0.1) is 18.6 Å². The van der Waals surface area contributed by atoms with Crippen molar-refractivity contribution in [2.24, 2.45) is 0 Å². The number of halogens is 2. The Kier molecular flexibility index (Phi) is 5.97. The van der Waals surface area contributed by atoms with Gasteiger partial charge in [-0.1, -0.05) is 29.4 Å². The maximum Gasteiger partial charge on any atom is 0.241 e. The Bertz CT molecular complexity index is 970. The summed E-state index contributed by atoms with van der Waals surface area (Å²) in [6.45, 7) is 4.10. The summed E-state index contributed by atoms with van der Waals surface area (Å²) in [6, 6.07) is 11.4. The molecule has 1 fully saturated rings. The Hall–Kier alpha value is -2.64. The first-order valence-electron chi connectivity index (χ1n) is 9.74. The lowest BCUT2D eigenvalue weighted by atomic mass is 10.1. The fourth-order valence-corrected chi connectivity index (χ4v) is 3.51. The quantitative estimate of drug-likeness (QED) is 0.585. The van der Waals surface area contributed by atoms with Crippen molar-refractivity contribution in [3.05, 3.63) is 71.1 Å². The van der Waals surface area contributed by atoms with E-state index in [0.29, 0.717) is 42.5 Å². The molecule has 0 aliphatic carbocycles. The molecule has 1 unspecified atom stereocenters. The van der Waals surface area contributed by atoms with Gasteiger partial charge in [0.05, 0.1) is 12.6 Å². The molecule has 1 atom stereocenters. The summed E-state index contributed by atoms with van der Waals surface area (Å²) in [6.07, 6.45) is 2.18. The van der Waals surface area contributed by atoms with Crippen LogP contribution in [0.25, 0.3) is 11.4 Å². The van der Waals surface area contributed by atoms with E-state index in [1.165, 1.54) is 18.2 Å². The van der Waals surface area contributed by atoms with E-state index in [9.17, 15) is 8.78 Å². The van der Waals surface area contributed by atoms with Gasteiger partial charge in [0.2, 0.25) is 11.7 Å². The monoisotopic (exact) mass is 399 g/mol. The number of benzene rings is 2. The average molecular weight is 399 g/mol. The van der Waals surface area contributed by atoms with E-state index in [1.54, 1.807) is 25.1 Å². The van der Waals surface area contributed by atoms with Crippen molar-refractivity contribution >= 4 is 0 Å². The highest BCUT2D eigenvalue weighted by atomic mass is 19.1. The Labute approximate surface area is 168 Å². The second kappa shape index (κ2) is 8.80. The summed E-state index contributed by atoms with van der Waals surface area (Å²) < 4.78 is 38.6. The van der Waals surface area contributed by atoms with Crippen molar-refractivity contribution in [3.63, 3.8) is 0 Å². The van der Waals surface area contributed by atoms with Crippen molar-refractivity contribution in [2.45, 2.75) is 39.0 Å². The zero-order valence-electron chi connectivity index (χ0n) is 16.3. The molecular weight excluding hydrogens is 376 g/mol. The van der Waals surface area contributed by atoms with Crippen LogP contribution in [-0.4, -0.2) is 34.3 Å². The Morgan fingerprint density at radius 1 is 1.14 bits per heavy atom. The van der Waals surface area contributed by atoms with Crippen LogP contribution in [0.2, 0.25) is 0 Å². The predicted molar refractivity (Wildman–Crippen MR) is 104 cm³/mol. The fourth-order valence-electron chi connectivity index (χ4n) is 3.51. The van der Waals surface area contributed by atoms with E-state index in [0.717, 1.165) is 25.0 Å². The van der Waals surface area contributed by atoms with Crippen LogP contribution in [0.5, 0.6) is 0 Å². The van der Waals surface area contributed by atoms with Crippen LogP contribution < -0.4 is 0 Å². The van der Waals surface area contributed by atoms with Crippen LogP contribution in [0.15, 0.2) is 47.0 Å². The molecule has 2 aromatic carbocycles. The molecule has 2 heterocycles. The maximum atomic E-state index is 13.8. The first-order chi connectivity index (χ1) is 14.1. The second-order valence-corrected chi connectivity index (χ2v) is 7.41. The number of hydrogen-bond donors (Lipinski definition) is 0.